The number of rotatable bonds is 1. The summed E-state index contributed by atoms with van der Waals surface area (Å²) in [5.41, 5.74) is 4.19. The summed E-state index contributed by atoms with van der Waals surface area (Å²) < 4.78 is 1.80. The van der Waals surface area contributed by atoms with Gasteiger partial charge < -0.3 is 24.8 Å². The van der Waals surface area contributed by atoms with Gasteiger partial charge >= 0.3 is 59.5 Å². The number of aryl methyl sites for hydroxylation is 1. The fourth-order valence-corrected chi connectivity index (χ4v) is 5.02. The van der Waals surface area contributed by atoms with Crippen molar-refractivity contribution in [1.82, 2.24) is 0 Å². The van der Waals surface area contributed by atoms with E-state index in [9.17, 15) is 0 Å². The second-order valence-corrected chi connectivity index (χ2v) is 9.18. The second kappa shape index (κ2) is 10.8. The maximum atomic E-state index is 2.34. The van der Waals surface area contributed by atoms with E-state index < -0.39 is 0 Å². The van der Waals surface area contributed by atoms with Gasteiger partial charge in [-0.1, -0.05) is 65.3 Å². The molecular weight excluding hydrogens is 462 g/mol. The molecule has 5 rings (SSSR count). The standard InChI is InChI=1S/C19H15.C6H10.2ClH.Zr/c1-13-10-11-16(14-6-2-3-7-14)18-12-15-8-4-5-9-17(15)19(13)18;1-2-4-6-5-3-1;;;/h2-6,8-12H,7H2,1H3;1-5H2;2*1H;/q-1;;;;+2/p-2. The van der Waals surface area contributed by atoms with Crippen molar-refractivity contribution in [2.45, 2.75) is 45.4 Å². The number of hydrogen-bond acceptors (Lipinski definition) is 0. The molecule has 3 heteroatoms. The van der Waals surface area contributed by atoms with Crippen molar-refractivity contribution in [3.05, 3.63) is 71.8 Å². The van der Waals surface area contributed by atoms with Crippen LogP contribution in [0.15, 0.2) is 60.7 Å². The van der Waals surface area contributed by atoms with Crippen molar-refractivity contribution in [1.29, 1.82) is 0 Å². The van der Waals surface area contributed by atoms with Crippen LogP contribution in [0.3, 0.4) is 0 Å². The Labute approximate surface area is 195 Å². The van der Waals surface area contributed by atoms with E-state index in [1.165, 1.54) is 70.3 Å². The molecule has 0 amide bonds. The molecule has 0 N–H and O–H groups in total. The van der Waals surface area contributed by atoms with E-state index in [0.29, 0.717) is 0 Å². The van der Waals surface area contributed by atoms with Crippen molar-refractivity contribution in [2.24, 2.45) is 0 Å². The molecule has 0 nitrogen and oxygen atoms in total. The van der Waals surface area contributed by atoms with Gasteiger partial charge in [-0.25, -0.2) is 0 Å². The van der Waals surface area contributed by atoms with Crippen molar-refractivity contribution in [3.8, 4) is 0 Å². The summed E-state index contributed by atoms with van der Waals surface area (Å²) in [4.78, 5) is 0. The van der Waals surface area contributed by atoms with Crippen molar-refractivity contribution in [2.75, 3.05) is 0 Å². The molecule has 0 aromatic heterocycles. The first-order valence-corrected chi connectivity index (χ1v) is 11.0. The molecule has 0 spiro atoms. The molecule has 1 fully saturated rings. The van der Waals surface area contributed by atoms with Crippen molar-refractivity contribution >= 4 is 30.3 Å². The second-order valence-electron chi connectivity index (χ2n) is 7.44. The van der Waals surface area contributed by atoms with E-state index in [1.54, 1.807) is 27.4 Å². The van der Waals surface area contributed by atoms with E-state index in [2.05, 4.69) is 67.6 Å². The van der Waals surface area contributed by atoms with Gasteiger partial charge in [0.05, 0.1) is 0 Å². The van der Waals surface area contributed by atoms with Crippen molar-refractivity contribution in [3.63, 3.8) is 0 Å². The van der Waals surface area contributed by atoms with E-state index in [1.807, 2.05) is 0 Å². The third-order valence-corrected chi connectivity index (χ3v) is 6.79. The SMILES string of the molecule is Cc1ccc(C2=CC=CC2)c2[cH-]c3ccccc3c12.[Cl-].[Cl-].[Zr+2]=[C]1CCCCC1. The normalized spacial score (nSPS) is 15.5. The zero-order chi connectivity index (χ0) is 17.9. The Morgan fingerprint density at radius 1 is 0.929 bits per heavy atom. The predicted octanol–water partition coefficient (Wildman–Crippen LogP) is 1.04. The fourth-order valence-electron chi connectivity index (χ4n) is 4.15. The van der Waals surface area contributed by atoms with Crippen LogP contribution in [0, 0.1) is 6.92 Å². The topological polar surface area (TPSA) is 0 Å². The van der Waals surface area contributed by atoms with Gasteiger partial charge in [-0.2, -0.15) is 0 Å². The summed E-state index contributed by atoms with van der Waals surface area (Å²) >= 11 is 1.69. The van der Waals surface area contributed by atoms with Gasteiger partial charge in [0.15, 0.2) is 0 Å². The van der Waals surface area contributed by atoms with Gasteiger partial charge in [-0.3, -0.25) is 0 Å². The molecule has 1 saturated carbocycles. The molecule has 3 aromatic rings. The molecule has 2 aliphatic carbocycles. The molecule has 0 bridgehead atoms. The van der Waals surface area contributed by atoms with Crippen LogP contribution in [0.2, 0.25) is 0 Å². The molecule has 28 heavy (non-hydrogen) atoms. The summed E-state index contributed by atoms with van der Waals surface area (Å²) in [7, 11) is 0. The van der Waals surface area contributed by atoms with Gasteiger partial charge in [0.2, 0.25) is 0 Å². The Kier molecular flexibility index (Phi) is 9.00. The Bertz CT molecular complexity index is 1020. The average molecular weight is 488 g/mol. The van der Waals surface area contributed by atoms with E-state index in [-0.39, 0.29) is 24.8 Å². The molecule has 0 heterocycles. The van der Waals surface area contributed by atoms with E-state index in [4.69, 9.17) is 0 Å². The Balaban J connectivity index is 0.000000269. The van der Waals surface area contributed by atoms with Crippen LogP contribution in [-0.4, -0.2) is 3.21 Å². The summed E-state index contributed by atoms with van der Waals surface area (Å²) in [6, 6.07) is 15.6. The molecule has 0 aliphatic heterocycles. The predicted molar refractivity (Wildman–Crippen MR) is 112 cm³/mol. The van der Waals surface area contributed by atoms with Crippen LogP contribution in [0.5, 0.6) is 0 Å². The van der Waals surface area contributed by atoms with Crippen LogP contribution in [0.25, 0.3) is 27.1 Å². The van der Waals surface area contributed by atoms with Gasteiger partial charge in [0.25, 0.3) is 0 Å². The first-order chi connectivity index (χ1) is 12.7. The molecule has 0 radical (unpaired) electrons. The number of hydrogen-bond donors (Lipinski definition) is 0. The van der Waals surface area contributed by atoms with E-state index >= 15 is 0 Å². The molecule has 0 atom stereocenters. The van der Waals surface area contributed by atoms with Crippen LogP contribution < -0.4 is 24.8 Å². The molecule has 2 aliphatic rings. The van der Waals surface area contributed by atoms with Crippen molar-refractivity contribution < 1.29 is 49.0 Å². The molecule has 0 saturated heterocycles. The quantitative estimate of drug-likeness (QED) is 0.450. The van der Waals surface area contributed by atoms with Gasteiger partial charge in [-0.05, 0) is 13.3 Å². The number of benzene rings is 2. The maximum absolute atomic E-state index is 2.34. The van der Waals surface area contributed by atoms with Crippen LogP contribution in [0.1, 0.15) is 49.7 Å². The van der Waals surface area contributed by atoms with Crippen LogP contribution >= 0.6 is 0 Å². The van der Waals surface area contributed by atoms with E-state index in [0.717, 1.165) is 6.42 Å². The summed E-state index contributed by atoms with van der Waals surface area (Å²) in [6.45, 7) is 2.21. The van der Waals surface area contributed by atoms with Crippen LogP contribution in [0.4, 0.5) is 0 Å². The first-order valence-electron chi connectivity index (χ1n) is 9.74. The minimum atomic E-state index is 0. The summed E-state index contributed by atoms with van der Waals surface area (Å²) in [5.74, 6) is 0. The zero-order valence-electron chi connectivity index (χ0n) is 16.3. The zero-order valence-corrected chi connectivity index (χ0v) is 20.2. The third kappa shape index (κ3) is 4.99. The third-order valence-electron chi connectivity index (χ3n) is 5.56. The van der Waals surface area contributed by atoms with Crippen LogP contribution in [-0.2, 0) is 24.2 Å². The average Bonchev–Trinajstić information content (AvgIpc) is 3.31. The van der Waals surface area contributed by atoms with Gasteiger partial charge in [-0.15, -0.1) is 33.7 Å². The monoisotopic (exact) mass is 485 g/mol. The summed E-state index contributed by atoms with van der Waals surface area (Å²) in [5, 5.41) is 5.54. The molecule has 3 aromatic carbocycles. The number of halogens is 2. The Morgan fingerprint density at radius 3 is 2.32 bits per heavy atom. The fraction of sp³-hybridized carbons (Fsp3) is 0.280. The molecule has 144 valence electrons. The number of allylic oxidation sites excluding steroid dienone is 4. The summed E-state index contributed by atoms with van der Waals surface area (Å²) in [6.07, 6.45) is 15.0. The molecular formula is C25H25Cl2Zr-. The number of fused-ring (bicyclic) bond motifs is 3. The first kappa shape index (κ1) is 23.4. The minimum absolute atomic E-state index is 0. The van der Waals surface area contributed by atoms with Gasteiger partial charge in [0.1, 0.15) is 0 Å². The van der Waals surface area contributed by atoms with Gasteiger partial charge in [0, 0.05) is 0 Å². The Morgan fingerprint density at radius 2 is 1.68 bits per heavy atom. The Hall–Kier alpha value is -0.877. The molecule has 0 unspecified atom stereocenters.